The zero-order valence-corrected chi connectivity index (χ0v) is 23.9. The number of aliphatic carboxylic acids is 1. The molecule has 8 atom stereocenters. The third-order valence-electron chi connectivity index (χ3n) is 13.2. The summed E-state index contributed by atoms with van der Waals surface area (Å²) in [6, 6.07) is 0. The molecule has 0 spiro atoms. The van der Waals surface area contributed by atoms with Crippen LogP contribution in [0.2, 0.25) is 0 Å². The van der Waals surface area contributed by atoms with Gasteiger partial charge in [0.05, 0.1) is 5.41 Å². The molecule has 0 saturated heterocycles. The van der Waals surface area contributed by atoms with Crippen molar-refractivity contribution in [1.82, 2.24) is 0 Å². The zero-order valence-electron chi connectivity index (χ0n) is 23.9. The van der Waals surface area contributed by atoms with Gasteiger partial charge in [-0.15, -0.1) is 0 Å². The summed E-state index contributed by atoms with van der Waals surface area (Å²) in [5.41, 5.74) is 3.56. The Labute approximate surface area is 218 Å². The van der Waals surface area contributed by atoms with Crippen molar-refractivity contribution in [2.75, 3.05) is 0 Å². The van der Waals surface area contributed by atoms with Crippen molar-refractivity contribution in [3.05, 3.63) is 22.8 Å². The molecule has 0 aliphatic heterocycles. The molecule has 0 radical (unpaired) electrons. The van der Waals surface area contributed by atoms with Gasteiger partial charge in [-0.3, -0.25) is 9.59 Å². The number of ether oxygens (including phenoxy) is 1. The number of allylic oxidation sites excluding steroid dienone is 3. The third-order valence-corrected chi connectivity index (χ3v) is 13.2. The lowest BCUT2D eigenvalue weighted by atomic mass is 9.32. The molecule has 0 amide bonds. The topological polar surface area (TPSA) is 63.6 Å². The summed E-state index contributed by atoms with van der Waals surface area (Å²) in [6.45, 7) is 18.2. The summed E-state index contributed by atoms with van der Waals surface area (Å²) >= 11 is 0. The molecule has 4 fully saturated rings. The van der Waals surface area contributed by atoms with Crippen LogP contribution in [0.25, 0.3) is 0 Å². The second kappa shape index (κ2) is 7.96. The summed E-state index contributed by atoms with van der Waals surface area (Å²) in [7, 11) is 0. The van der Waals surface area contributed by atoms with Gasteiger partial charge in [0.25, 0.3) is 0 Å². The Hall–Kier alpha value is -1.58. The van der Waals surface area contributed by atoms with Crippen LogP contribution in [0.5, 0.6) is 0 Å². The number of carboxylic acids is 1. The summed E-state index contributed by atoms with van der Waals surface area (Å²) in [5.74, 6) is 0.716. The van der Waals surface area contributed by atoms with E-state index in [1.165, 1.54) is 29.6 Å². The van der Waals surface area contributed by atoms with Crippen LogP contribution in [0, 0.1) is 44.8 Å². The molecule has 5 rings (SSSR count). The number of rotatable bonds is 2. The minimum Gasteiger partial charge on any atom is -0.481 e. The predicted molar refractivity (Wildman–Crippen MR) is 142 cm³/mol. The molecule has 0 aromatic heterocycles. The van der Waals surface area contributed by atoms with Crippen molar-refractivity contribution in [3.63, 3.8) is 0 Å². The molecule has 0 aromatic rings. The van der Waals surface area contributed by atoms with Gasteiger partial charge in [0.2, 0.25) is 0 Å². The lowest BCUT2D eigenvalue weighted by Gasteiger charge is -2.72. The van der Waals surface area contributed by atoms with Gasteiger partial charge in [-0.05, 0) is 117 Å². The Morgan fingerprint density at radius 1 is 0.889 bits per heavy atom. The summed E-state index contributed by atoms with van der Waals surface area (Å²) < 4.78 is 5.88. The Balaban J connectivity index is 1.55. The van der Waals surface area contributed by atoms with Crippen LogP contribution in [-0.4, -0.2) is 23.1 Å². The van der Waals surface area contributed by atoms with E-state index in [2.05, 4.69) is 54.5 Å². The maximum atomic E-state index is 12.8. The first-order valence-electron chi connectivity index (χ1n) is 14.4. The predicted octanol–water partition coefficient (Wildman–Crippen LogP) is 7.72. The highest BCUT2D eigenvalue weighted by molar-refractivity contribution is 5.81. The Kier molecular flexibility index (Phi) is 5.76. The van der Waals surface area contributed by atoms with Crippen LogP contribution >= 0.6 is 0 Å². The van der Waals surface area contributed by atoms with E-state index in [1.54, 1.807) is 6.92 Å². The third kappa shape index (κ3) is 3.11. The van der Waals surface area contributed by atoms with E-state index in [0.29, 0.717) is 24.2 Å². The summed E-state index contributed by atoms with van der Waals surface area (Å²) in [6.07, 6.45) is 11.3. The monoisotopic (exact) mass is 496 g/mol. The minimum atomic E-state index is -0.706. The van der Waals surface area contributed by atoms with Crippen molar-refractivity contribution < 1.29 is 19.4 Å². The normalized spacial score (nSPS) is 47.5. The van der Waals surface area contributed by atoms with Gasteiger partial charge in [0.1, 0.15) is 6.10 Å². The van der Waals surface area contributed by atoms with Crippen LogP contribution in [0.15, 0.2) is 22.8 Å². The number of carbonyl (C=O) groups is 2. The molecule has 0 heterocycles. The van der Waals surface area contributed by atoms with E-state index in [0.717, 1.165) is 38.5 Å². The molecule has 200 valence electrons. The summed E-state index contributed by atoms with van der Waals surface area (Å²) in [4.78, 5) is 24.7. The molecule has 4 nitrogen and oxygen atoms in total. The first-order valence-corrected chi connectivity index (χ1v) is 14.4. The lowest BCUT2D eigenvalue weighted by molar-refractivity contribution is -0.233. The fourth-order valence-corrected chi connectivity index (χ4v) is 11.0. The first-order chi connectivity index (χ1) is 16.6. The smallest absolute Gasteiger partial charge is 0.314 e. The van der Waals surface area contributed by atoms with Crippen molar-refractivity contribution in [1.29, 1.82) is 0 Å². The van der Waals surface area contributed by atoms with Crippen LogP contribution < -0.4 is 0 Å². The second-order valence-electron chi connectivity index (χ2n) is 14.6. The second-order valence-corrected chi connectivity index (χ2v) is 14.6. The number of hydrogen-bond donors (Lipinski definition) is 1. The fraction of sp³-hybridized carbons (Fsp3) is 0.812. The molecule has 36 heavy (non-hydrogen) atoms. The van der Waals surface area contributed by atoms with Crippen molar-refractivity contribution in [2.45, 2.75) is 119 Å². The molecule has 4 saturated carbocycles. The van der Waals surface area contributed by atoms with Crippen molar-refractivity contribution >= 4 is 11.9 Å². The van der Waals surface area contributed by atoms with Crippen molar-refractivity contribution in [3.8, 4) is 0 Å². The van der Waals surface area contributed by atoms with E-state index >= 15 is 0 Å². The lowest BCUT2D eigenvalue weighted by Crippen LogP contribution is -2.66. The highest BCUT2D eigenvalue weighted by atomic mass is 16.5. The minimum absolute atomic E-state index is 0.0000248. The molecule has 1 N–H and O–H groups in total. The van der Waals surface area contributed by atoms with Gasteiger partial charge in [-0.1, -0.05) is 46.3 Å². The van der Waals surface area contributed by atoms with E-state index < -0.39 is 11.4 Å². The van der Waals surface area contributed by atoms with Crippen LogP contribution in [0.3, 0.4) is 0 Å². The number of carbonyl (C=O) groups excluding carboxylic acids is 1. The molecular weight excluding hydrogens is 448 g/mol. The quantitative estimate of drug-likeness (QED) is 0.397. The maximum absolute atomic E-state index is 12.8. The van der Waals surface area contributed by atoms with Crippen molar-refractivity contribution in [2.24, 2.45) is 44.8 Å². The molecular formula is C32H48O4. The molecule has 0 aromatic carbocycles. The van der Waals surface area contributed by atoms with Gasteiger partial charge in [0.15, 0.2) is 0 Å². The number of fused-ring (bicyclic) bond motifs is 7. The first kappa shape index (κ1) is 26.0. The average molecular weight is 497 g/mol. The SMILES string of the molecule is CC(=O)O[C@@H]1CC[C@@]2(C)C(CC[C@]3(C)C2CCC2C4=C(C)C(C)=CCC4(C(=O)O)CC[C@]23C)C1(C)C. The number of hydrogen-bond acceptors (Lipinski definition) is 3. The van der Waals surface area contributed by atoms with Crippen LogP contribution in [-0.2, 0) is 14.3 Å². The van der Waals surface area contributed by atoms with Gasteiger partial charge in [-0.25, -0.2) is 0 Å². The Bertz CT molecular complexity index is 1050. The van der Waals surface area contributed by atoms with Gasteiger partial charge >= 0.3 is 11.9 Å². The Morgan fingerprint density at radius 2 is 1.58 bits per heavy atom. The molecule has 0 bridgehead atoms. The van der Waals surface area contributed by atoms with Crippen LogP contribution in [0.1, 0.15) is 113 Å². The highest BCUT2D eigenvalue weighted by Crippen LogP contribution is 2.76. The van der Waals surface area contributed by atoms with Gasteiger partial charge in [-0.2, -0.15) is 0 Å². The number of esters is 1. The summed E-state index contributed by atoms with van der Waals surface area (Å²) in [5, 5.41) is 10.5. The molecule has 4 heteroatoms. The van der Waals surface area contributed by atoms with E-state index in [9.17, 15) is 14.7 Å². The standard InChI is InChI=1S/C32H48O4/c1-19-11-16-32(27(34)35)18-17-30(7)22(26(32)20(19)2)9-10-24-29(6)14-13-25(36-21(3)33)28(4,5)23(29)12-15-31(24,30)8/h11,22-25H,9-10,12-18H2,1-8H3,(H,34,35)/t22?,23?,24?,25-,29+,30-,31-,32?/m1/s1. The maximum Gasteiger partial charge on any atom is 0.314 e. The largest absolute Gasteiger partial charge is 0.481 e. The van der Waals surface area contributed by atoms with E-state index in [4.69, 9.17) is 4.74 Å². The van der Waals surface area contributed by atoms with E-state index in [-0.39, 0.29) is 33.7 Å². The number of carboxylic acid groups (broad SMARTS) is 1. The zero-order chi connectivity index (χ0) is 26.5. The van der Waals surface area contributed by atoms with E-state index in [1.807, 2.05) is 0 Å². The van der Waals surface area contributed by atoms with Crippen LogP contribution in [0.4, 0.5) is 0 Å². The fourth-order valence-electron chi connectivity index (χ4n) is 11.0. The highest BCUT2D eigenvalue weighted by Gasteiger charge is 2.70. The molecule has 5 aliphatic carbocycles. The van der Waals surface area contributed by atoms with Gasteiger partial charge < -0.3 is 9.84 Å². The molecule has 5 aliphatic rings. The van der Waals surface area contributed by atoms with Gasteiger partial charge in [0, 0.05) is 12.3 Å². The average Bonchev–Trinajstić information content (AvgIpc) is 2.78. The Morgan fingerprint density at radius 3 is 2.22 bits per heavy atom. The molecule has 4 unspecified atom stereocenters.